The highest BCUT2D eigenvalue weighted by molar-refractivity contribution is 8.57. The van der Waals surface area contributed by atoms with Gasteiger partial charge in [0.15, 0.2) is 0 Å². The second kappa shape index (κ2) is 24.3. The minimum absolute atomic E-state index is 0.500. The smallest absolute Gasteiger partial charge is 0.243 e. The van der Waals surface area contributed by atoms with Gasteiger partial charge < -0.3 is 27.7 Å². The third-order valence-corrected chi connectivity index (χ3v) is 14.0. The van der Waals surface area contributed by atoms with Crippen molar-refractivity contribution in [2.75, 3.05) is 0 Å². The highest BCUT2D eigenvalue weighted by Gasteiger charge is 2.00. The minimum Gasteiger partial charge on any atom is -0.854 e. The van der Waals surface area contributed by atoms with Crippen LogP contribution in [-0.2, 0) is 74.6 Å². The number of rotatable bonds is 13. The van der Waals surface area contributed by atoms with Crippen LogP contribution in [0.25, 0.3) is 0 Å². The van der Waals surface area contributed by atoms with Crippen molar-refractivity contribution >= 4 is 28.0 Å². The van der Waals surface area contributed by atoms with Crippen molar-refractivity contribution in [3.63, 3.8) is 0 Å². The average molecular weight is 727 g/mol. The summed E-state index contributed by atoms with van der Waals surface area (Å²) in [6, 6.07) is 19.3. The zero-order valence-electron chi connectivity index (χ0n) is 30.5. The van der Waals surface area contributed by atoms with Gasteiger partial charge in [0, 0.05) is 11.5 Å². The molecule has 0 aliphatic heterocycles. The van der Waals surface area contributed by atoms with Crippen LogP contribution in [0.4, 0.5) is 0 Å². The molecule has 5 rings (SSSR count). The first-order chi connectivity index (χ1) is 23.5. The molecule has 3 heterocycles. The number of unbranched alkanes of at least 4 members (excludes halogenated alkanes) is 3. The number of imidazole rings is 3. The minimum atomic E-state index is -3.75. The lowest BCUT2D eigenvalue weighted by molar-refractivity contribution is -0.671. The first kappa shape index (κ1) is 42.3. The van der Waals surface area contributed by atoms with Gasteiger partial charge in [-0.25, -0.2) is 37.5 Å². The van der Waals surface area contributed by atoms with Crippen molar-refractivity contribution in [1.29, 1.82) is 0 Å². The highest BCUT2D eigenvalue weighted by Crippen LogP contribution is 2.32. The summed E-state index contributed by atoms with van der Waals surface area (Å²) in [5, 5.41) is 0. The van der Waals surface area contributed by atoms with E-state index in [0.717, 1.165) is 30.8 Å². The van der Waals surface area contributed by atoms with Gasteiger partial charge in [-0.2, -0.15) is 0 Å². The Balaban J connectivity index is 0.000000239. The highest BCUT2D eigenvalue weighted by atomic mass is 32.9. The van der Waals surface area contributed by atoms with E-state index in [-0.39, 0.29) is 0 Å². The average Bonchev–Trinajstić information content (AvgIpc) is 3.83. The van der Waals surface area contributed by atoms with Gasteiger partial charge >= 0.3 is 0 Å². The zero-order valence-corrected chi connectivity index (χ0v) is 33.0. The van der Waals surface area contributed by atoms with Crippen LogP contribution in [0, 0.1) is 0 Å². The van der Waals surface area contributed by atoms with Gasteiger partial charge in [-0.3, -0.25) is 0 Å². The van der Waals surface area contributed by atoms with E-state index < -0.39 is 15.8 Å². The summed E-state index contributed by atoms with van der Waals surface area (Å²) in [4.78, 5) is 23.6. The fourth-order valence-electron chi connectivity index (χ4n) is 4.67. The summed E-state index contributed by atoms with van der Waals surface area (Å²) >= 11 is 4.72. The molecule has 0 amide bonds. The van der Waals surface area contributed by atoms with E-state index in [2.05, 4.69) is 104 Å². The number of benzene rings is 2. The summed E-state index contributed by atoms with van der Waals surface area (Å²) in [6.07, 6.45) is 26.5. The van der Waals surface area contributed by atoms with Crippen molar-refractivity contribution < 1.29 is 23.5 Å². The molecule has 0 aliphatic rings. The van der Waals surface area contributed by atoms with Gasteiger partial charge in [0.2, 0.25) is 19.0 Å². The predicted octanol–water partition coefficient (Wildman–Crippen LogP) is 5.29. The van der Waals surface area contributed by atoms with E-state index in [0.29, 0.717) is 11.5 Å². The van der Waals surface area contributed by atoms with Gasteiger partial charge in [-0.05, 0) is 30.4 Å². The second-order valence-electron chi connectivity index (χ2n) is 12.2. The van der Waals surface area contributed by atoms with Crippen LogP contribution in [0.15, 0.2) is 117 Å². The van der Waals surface area contributed by atoms with Crippen LogP contribution in [-0.4, -0.2) is 13.7 Å². The lowest BCUT2D eigenvalue weighted by atomic mass is 10.2. The van der Waals surface area contributed by atoms with Crippen molar-refractivity contribution in [1.82, 2.24) is 13.7 Å². The van der Waals surface area contributed by atoms with E-state index in [4.69, 9.17) is 12.2 Å². The Bertz CT molecular complexity index is 1460. The Labute approximate surface area is 303 Å². The molecule has 0 atom stereocenters. The largest absolute Gasteiger partial charge is 0.854 e. The molecule has 8 nitrogen and oxygen atoms in total. The van der Waals surface area contributed by atoms with Crippen molar-refractivity contribution in [2.24, 2.45) is 21.1 Å². The fourth-order valence-corrected chi connectivity index (χ4v) is 9.03. The summed E-state index contributed by atoms with van der Waals surface area (Å²) in [7, 11) is 5.30. The summed E-state index contributed by atoms with van der Waals surface area (Å²) in [6.45, 7) is 10.1. The first-order valence-electron chi connectivity index (χ1n) is 17.3. The molecule has 3 aromatic heterocycles. The van der Waals surface area contributed by atoms with Crippen LogP contribution in [0.3, 0.4) is 0 Å². The Morgan fingerprint density at radius 3 is 1.10 bits per heavy atom. The second-order valence-corrected chi connectivity index (χ2v) is 19.7. The topological polar surface area (TPSA) is 72.5 Å². The Kier molecular flexibility index (Phi) is 21.0. The quantitative estimate of drug-likeness (QED) is 0.0942. The molecule has 0 unspecified atom stereocenters. The molecule has 0 bridgehead atoms. The van der Waals surface area contributed by atoms with Crippen LogP contribution >= 0.6 is 5.69 Å². The maximum absolute atomic E-state index is 11.8. The van der Waals surface area contributed by atoms with Crippen LogP contribution in [0.5, 0.6) is 0 Å². The normalized spacial score (nSPS) is 10.8. The van der Waals surface area contributed by atoms with Crippen LogP contribution < -0.4 is 23.5 Å². The van der Waals surface area contributed by atoms with E-state index in [9.17, 15) is 9.79 Å². The van der Waals surface area contributed by atoms with E-state index >= 15 is 0 Å². The lowest BCUT2D eigenvalue weighted by Gasteiger charge is -2.54. The number of aryl methyl sites for hydroxylation is 6. The first-order valence-corrected chi connectivity index (χ1v) is 22.2. The molecule has 0 saturated carbocycles. The molecular weight excluding hydrogens is 668 g/mol. The summed E-state index contributed by atoms with van der Waals surface area (Å²) < 4.78 is 12.8. The number of hydrogen-bond donors (Lipinski definition) is 0. The molecule has 0 spiro atoms. The Morgan fingerprint density at radius 1 is 0.571 bits per heavy atom. The Morgan fingerprint density at radius 2 is 0.878 bits per heavy atom. The third-order valence-electron chi connectivity index (χ3n) is 7.45. The molecule has 0 fully saturated rings. The molecule has 49 heavy (non-hydrogen) atoms. The number of hydrogen-bond acceptors (Lipinski definition) is 3. The van der Waals surface area contributed by atoms with Crippen molar-refractivity contribution in [3.05, 3.63) is 128 Å². The van der Waals surface area contributed by atoms with Crippen LogP contribution in [0.1, 0.15) is 70.4 Å². The monoisotopic (exact) mass is 726 g/mol. The number of nitrogens with zero attached hydrogens (tertiary/aromatic N) is 6. The molecule has 0 radical (unpaired) electrons. The standard InChI is InChI=1S/C14H14O2PS2.3C8H15N2/c15-17(16,18)19(11-13-7-3-1-4-8-13)12-14-9-5-2-6-10-14;3*1-3-4-5-10-7-6-9(2)8-10/h1-10H,11-12H2;3*6-8H,3-5H2,1-2H3/q-3;3*+1. The van der Waals surface area contributed by atoms with Gasteiger partial charge in [0.1, 0.15) is 37.2 Å². The van der Waals surface area contributed by atoms with Crippen molar-refractivity contribution in [2.45, 2.75) is 90.4 Å². The molecule has 11 heteroatoms. The van der Waals surface area contributed by atoms with Gasteiger partial charge in [0.05, 0.1) is 40.8 Å². The van der Waals surface area contributed by atoms with E-state index in [1.165, 1.54) is 38.5 Å². The maximum atomic E-state index is 11.8. The molecule has 5 aromatic rings. The van der Waals surface area contributed by atoms with E-state index in [1.807, 2.05) is 81.8 Å². The Hall–Kier alpha value is -2.88. The fraction of sp³-hybridized carbons (Fsp3) is 0.447. The number of aromatic nitrogens is 6. The van der Waals surface area contributed by atoms with Crippen LogP contribution in [0.2, 0.25) is 0 Å². The SMILES string of the molecule is CCCCn1cc[n+](C)c1.CCCCn1cc[n+](C)c1.CCCCn1cc[n+](C)c1.[O-]P([O-])([S-])=S(Cc1ccccc1)Cc1ccccc1. The summed E-state index contributed by atoms with van der Waals surface area (Å²) in [5.74, 6) is 1.00. The third kappa shape index (κ3) is 19.2. The van der Waals surface area contributed by atoms with Gasteiger partial charge in [-0.1, -0.05) is 101 Å². The molecule has 0 aliphatic carbocycles. The van der Waals surface area contributed by atoms with Gasteiger partial charge in [0.25, 0.3) is 0 Å². The summed E-state index contributed by atoms with van der Waals surface area (Å²) in [5.41, 5.74) is -1.71. The molecule has 0 N–H and O–H groups in total. The molecule has 270 valence electrons. The predicted molar refractivity (Wildman–Crippen MR) is 203 cm³/mol. The molecule has 2 aromatic carbocycles. The zero-order chi connectivity index (χ0) is 35.9. The molecular formula is C38H59N6O2PS2. The van der Waals surface area contributed by atoms with Crippen molar-refractivity contribution in [3.8, 4) is 0 Å². The van der Waals surface area contributed by atoms with Gasteiger partial charge in [-0.15, -0.1) is 0 Å². The molecule has 0 saturated heterocycles. The van der Waals surface area contributed by atoms with E-state index in [1.54, 1.807) is 0 Å². The lowest BCUT2D eigenvalue weighted by Crippen LogP contribution is -2.23. The maximum Gasteiger partial charge on any atom is 0.243 e.